The van der Waals surface area contributed by atoms with Gasteiger partial charge in [0.15, 0.2) is 0 Å². The number of nitrogens with one attached hydrogen (secondary N) is 1. The zero-order chi connectivity index (χ0) is 21.1. The predicted molar refractivity (Wildman–Crippen MR) is 119 cm³/mol. The molecule has 0 aliphatic rings. The third kappa shape index (κ3) is 4.40. The topological polar surface area (TPSA) is 55.4 Å². The fraction of sp³-hybridized carbons (Fsp3) is 0.250. The van der Waals surface area contributed by atoms with Crippen LogP contribution in [0.1, 0.15) is 49.9 Å². The van der Waals surface area contributed by atoms with Gasteiger partial charge in [-0.05, 0) is 69.0 Å². The Balaban J connectivity index is 2.02. The van der Waals surface area contributed by atoms with Crippen LogP contribution in [0.2, 0.25) is 0 Å². The molecule has 1 N–H and O–H groups in total. The Morgan fingerprint density at radius 3 is 2.34 bits per heavy atom. The summed E-state index contributed by atoms with van der Waals surface area (Å²) in [6.45, 7) is 10.1. The molecule has 0 unspecified atom stereocenters. The molecule has 0 radical (unpaired) electrons. The Labute approximate surface area is 175 Å². The second-order valence-electron chi connectivity index (χ2n) is 7.15. The summed E-state index contributed by atoms with van der Waals surface area (Å²) in [4.78, 5) is 25.6. The highest BCUT2D eigenvalue weighted by molar-refractivity contribution is 7.15. The van der Waals surface area contributed by atoms with Crippen LogP contribution in [0.3, 0.4) is 0 Å². The van der Waals surface area contributed by atoms with Gasteiger partial charge in [-0.15, -0.1) is 11.3 Å². The summed E-state index contributed by atoms with van der Waals surface area (Å²) in [6.07, 6.45) is 0. The molecule has 3 aromatic rings. The standard InChI is InChI=1S/C24H25NO3S/c1-6-28-24(27)21-20(19-10-7-14(2)11-17(19)5)13-29-23(21)25-22(26)18-9-8-15(3)16(4)12-18/h7-13H,6H2,1-5H3,(H,25,26). The highest BCUT2D eigenvalue weighted by Gasteiger charge is 2.24. The van der Waals surface area contributed by atoms with Crippen LogP contribution in [-0.4, -0.2) is 18.5 Å². The van der Waals surface area contributed by atoms with Crippen molar-refractivity contribution >= 4 is 28.2 Å². The lowest BCUT2D eigenvalue weighted by Gasteiger charge is -2.11. The predicted octanol–water partition coefficient (Wildman–Crippen LogP) is 6.08. The molecule has 0 bridgehead atoms. The molecule has 1 aromatic heterocycles. The number of ether oxygens (including phenoxy) is 1. The first-order valence-corrected chi connectivity index (χ1v) is 10.4. The average molecular weight is 408 g/mol. The number of hydrogen-bond donors (Lipinski definition) is 1. The number of rotatable bonds is 5. The van der Waals surface area contributed by atoms with Crippen molar-refractivity contribution in [2.75, 3.05) is 11.9 Å². The highest BCUT2D eigenvalue weighted by Crippen LogP contribution is 2.38. The zero-order valence-electron chi connectivity index (χ0n) is 17.4. The van der Waals surface area contributed by atoms with Crippen LogP contribution in [0.5, 0.6) is 0 Å². The van der Waals surface area contributed by atoms with E-state index in [2.05, 4.69) is 11.4 Å². The monoisotopic (exact) mass is 407 g/mol. The minimum Gasteiger partial charge on any atom is -0.462 e. The zero-order valence-corrected chi connectivity index (χ0v) is 18.2. The van der Waals surface area contributed by atoms with E-state index in [1.54, 1.807) is 13.0 Å². The van der Waals surface area contributed by atoms with Crippen LogP contribution in [-0.2, 0) is 4.74 Å². The Morgan fingerprint density at radius 1 is 0.931 bits per heavy atom. The third-order valence-electron chi connectivity index (χ3n) is 4.94. The molecule has 0 aliphatic carbocycles. The maximum atomic E-state index is 12.8. The number of anilines is 1. The minimum absolute atomic E-state index is 0.243. The first-order valence-electron chi connectivity index (χ1n) is 9.56. The maximum Gasteiger partial charge on any atom is 0.341 e. The summed E-state index contributed by atoms with van der Waals surface area (Å²) in [5.74, 6) is -0.674. The minimum atomic E-state index is -0.431. The van der Waals surface area contributed by atoms with Gasteiger partial charge in [0.25, 0.3) is 5.91 Å². The van der Waals surface area contributed by atoms with E-state index in [1.807, 2.05) is 57.3 Å². The van der Waals surface area contributed by atoms with Crippen molar-refractivity contribution in [2.45, 2.75) is 34.6 Å². The Hall–Kier alpha value is -2.92. The van der Waals surface area contributed by atoms with Crippen LogP contribution >= 0.6 is 11.3 Å². The summed E-state index contributed by atoms with van der Waals surface area (Å²) in [7, 11) is 0. The smallest absolute Gasteiger partial charge is 0.341 e. The van der Waals surface area contributed by atoms with Gasteiger partial charge in [-0.25, -0.2) is 4.79 Å². The number of thiophene rings is 1. The van der Waals surface area contributed by atoms with Gasteiger partial charge in [-0.3, -0.25) is 4.79 Å². The Bertz CT molecular complexity index is 1080. The Morgan fingerprint density at radius 2 is 1.69 bits per heavy atom. The quantitative estimate of drug-likeness (QED) is 0.522. The van der Waals surface area contributed by atoms with Crippen molar-refractivity contribution in [3.8, 4) is 11.1 Å². The summed E-state index contributed by atoms with van der Waals surface area (Å²) < 4.78 is 5.29. The summed E-state index contributed by atoms with van der Waals surface area (Å²) in [5.41, 5.74) is 7.10. The van der Waals surface area contributed by atoms with Crippen molar-refractivity contribution in [3.05, 3.63) is 75.2 Å². The van der Waals surface area contributed by atoms with Crippen molar-refractivity contribution < 1.29 is 14.3 Å². The molecule has 0 fully saturated rings. The van der Waals surface area contributed by atoms with Crippen molar-refractivity contribution in [3.63, 3.8) is 0 Å². The first-order chi connectivity index (χ1) is 13.8. The van der Waals surface area contributed by atoms with Gasteiger partial charge < -0.3 is 10.1 Å². The Kier molecular flexibility index (Phi) is 6.18. The molecular formula is C24H25NO3S. The number of carbonyl (C=O) groups excluding carboxylic acids is 2. The van der Waals surface area contributed by atoms with E-state index in [9.17, 15) is 9.59 Å². The van der Waals surface area contributed by atoms with E-state index in [-0.39, 0.29) is 12.5 Å². The summed E-state index contributed by atoms with van der Waals surface area (Å²) in [6, 6.07) is 11.7. The number of hydrogen-bond acceptors (Lipinski definition) is 4. The second kappa shape index (κ2) is 8.62. The molecule has 0 saturated heterocycles. The van der Waals surface area contributed by atoms with Gasteiger partial charge in [0, 0.05) is 16.5 Å². The molecule has 5 heteroatoms. The van der Waals surface area contributed by atoms with Crippen LogP contribution in [0.15, 0.2) is 41.8 Å². The molecule has 0 spiro atoms. The lowest BCUT2D eigenvalue weighted by atomic mass is 9.97. The van der Waals surface area contributed by atoms with Crippen LogP contribution in [0.25, 0.3) is 11.1 Å². The average Bonchev–Trinajstić information content (AvgIpc) is 3.07. The van der Waals surface area contributed by atoms with Gasteiger partial charge in [-0.1, -0.05) is 29.8 Å². The fourth-order valence-corrected chi connectivity index (χ4v) is 4.17. The van der Waals surface area contributed by atoms with Crippen molar-refractivity contribution in [1.29, 1.82) is 0 Å². The van der Waals surface area contributed by atoms with Gasteiger partial charge in [0.2, 0.25) is 0 Å². The fourth-order valence-electron chi connectivity index (χ4n) is 3.23. The van der Waals surface area contributed by atoms with E-state index in [0.29, 0.717) is 16.1 Å². The van der Waals surface area contributed by atoms with Crippen molar-refractivity contribution in [2.24, 2.45) is 0 Å². The van der Waals surface area contributed by atoms with E-state index in [0.717, 1.165) is 33.4 Å². The molecule has 3 rings (SSSR count). The largest absolute Gasteiger partial charge is 0.462 e. The molecule has 150 valence electrons. The second-order valence-corrected chi connectivity index (χ2v) is 8.03. The van der Waals surface area contributed by atoms with Crippen LogP contribution in [0.4, 0.5) is 5.00 Å². The lowest BCUT2D eigenvalue weighted by molar-refractivity contribution is 0.0529. The summed E-state index contributed by atoms with van der Waals surface area (Å²) >= 11 is 1.34. The van der Waals surface area contributed by atoms with E-state index in [4.69, 9.17) is 4.74 Å². The van der Waals surface area contributed by atoms with Crippen LogP contribution in [0, 0.1) is 27.7 Å². The molecule has 0 atom stereocenters. The highest BCUT2D eigenvalue weighted by atomic mass is 32.1. The van der Waals surface area contributed by atoms with E-state index >= 15 is 0 Å². The molecule has 0 saturated carbocycles. The molecule has 29 heavy (non-hydrogen) atoms. The van der Waals surface area contributed by atoms with E-state index in [1.165, 1.54) is 11.3 Å². The number of esters is 1. The van der Waals surface area contributed by atoms with Gasteiger partial charge in [0.1, 0.15) is 10.6 Å². The van der Waals surface area contributed by atoms with Crippen molar-refractivity contribution in [1.82, 2.24) is 0 Å². The number of amides is 1. The molecular weight excluding hydrogens is 382 g/mol. The SMILES string of the molecule is CCOC(=O)c1c(-c2ccc(C)cc2C)csc1NC(=O)c1ccc(C)c(C)c1. The summed E-state index contributed by atoms with van der Waals surface area (Å²) in [5, 5.41) is 5.32. The molecule has 0 aliphatic heterocycles. The number of benzene rings is 2. The van der Waals surface area contributed by atoms with E-state index < -0.39 is 5.97 Å². The van der Waals surface area contributed by atoms with Gasteiger partial charge >= 0.3 is 5.97 Å². The normalized spacial score (nSPS) is 10.7. The molecule has 1 heterocycles. The molecule has 4 nitrogen and oxygen atoms in total. The number of aryl methyl sites for hydroxylation is 4. The molecule has 1 amide bonds. The van der Waals surface area contributed by atoms with Gasteiger partial charge in [-0.2, -0.15) is 0 Å². The van der Waals surface area contributed by atoms with Gasteiger partial charge in [0.05, 0.1) is 6.61 Å². The first kappa shape index (κ1) is 20.8. The van der Waals surface area contributed by atoms with Crippen LogP contribution < -0.4 is 5.32 Å². The lowest BCUT2D eigenvalue weighted by Crippen LogP contribution is -2.15. The third-order valence-corrected chi connectivity index (χ3v) is 5.83. The number of carbonyl (C=O) groups is 2. The molecule has 2 aromatic carbocycles. The maximum absolute atomic E-state index is 12.8.